The molecule has 0 saturated carbocycles. The molecule has 1 aliphatic rings. The summed E-state index contributed by atoms with van der Waals surface area (Å²) in [4.78, 5) is 10.8. The van der Waals surface area contributed by atoms with E-state index < -0.39 is 13.1 Å². The molecule has 0 aromatic heterocycles. The summed E-state index contributed by atoms with van der Waals surface area (Å²) in [5, 5.41) is 18.1. The van der Waals surface area contributed by atoms with Crippen LogP contribution < -0.4 is 4.65 Å². The molecule has 2 rings (SSSR count). The van der Waals surface area contributed by atoms with Crippen molar-refractivity contribution in [1.82, 2.24) is 0 Å². The lowest BCUT2D eigenvalue weighted by atomic mass is 9.78. The predicted molar refractivity (Wildman–Crippen MR) is 57.8 cm³/mol. The number of para-hydroxylation sites is 1. The minimum absolute atomic E-state index is 0. The van der Waals surface area contributed by atoms with Gasteiger partial charge in [-0.1, -0.05) is 12.1 Å². The molecule has 4 nitrogen and oxygen atoms in total. The van der Waals surface area contributed by atoms with Gasteiger partial charge in [0.1, 0.15) is 5.75 Å². The molecule has 1 aromatic rings. The molecule has 0 amide bonds. The molecular formula is C9H10BClO4. The SMILES string of the molecule is Cl.O=C(O)c1cccc2c1OB(O)CC2. The summed E-state index contributed by atoms with van der Waals surface area (Å²) in [5.41, 5.74) is 0.955. The van der Waals surface area contributed by atoms with Crippen LogP contribution >= 0.6 is 12.4 Å². The van der Waals surface area contributed by atoms with Gasteiger partial charge in [0.2, 0.25) is 0 Å². The summed E-state index contributed by atoms with van der Waals surface area (Å²) < 4.78 is 5.10. The van der Waals surface area contributed by atoms with Crippen LogP contribution in [-0.4, -0.2) is 23.2 Å². The van der Waals surface area contributed by atoms with Crippen molar-refractivity contribution >= 4 is 25.5 Å². The number of benzene rings is 1. The lowest BCUT2D eigenvalue weighted by molar-refractivity contribution is 0.0694. The van der Waals surface area contributed by atoms with E-state index in [1.54, 1.807) is 6.07 Å². The number of hydrogen-bond acceptors (Lipinski definition) is 3. The minimum atomic E-state index is -1.03. The van der Waals surface area contributed by atoms with Crippen molar-refractivity contribution in [2.75, 3.05) is 0 Å². The molecule has 1 aromatic carbocycles. The van der Waals surface area contributed by atoms with Gasteiger partial charge in [0.25, 0.3) is 0 Å². The third-order valence-corrected chi connectivity index (χ3v) is 2.24. The lowest BCUT2D eigenvalue weighted by Gasteiger charge is -2.20. The molecule has 0 saturated heterocycles. The predicted octanol–water partition coefficient (Wildman–Crippen LogP) is 1.22. The number of aryl methyl sites for hydroxylation is 1. The van der Waals surface area contributed by atoms with Gasteiger partial charge in [-0.2, -0.15) is 0 Å². The Balaban J connectivity index is 0.00000112. The monoisotopic (exact) mass is 228 g/mol. The van der Waals surface area contributed by atoms with Gasteiger partial charge in [-0.3, -0.25) is 0 Å². The highest BCUT2D eigenvalue weighted by Crippen LogP contribution is 2.29. The highest BCUT2D eigenvalue weighted by atomic mass is 35.5. The maximum Gasteiger partial charge on any atom is 0.522 e. The number of fused-ring (bicyclic) bond motifs is 1. The molecule has 0 radical (unpaired) electrons. The molecule has 0 unspecified atom stereocenters. The van der Waals surface area contributed by atoms with E-state index in [0.717, 1.165) is 5.56 Å². The second-order valence-electron chi connectivity index (χ2n) is 3.21. The van der Waals surface area contributed by atoms with Crippen LogP contribution in [0.2, 0.25) is 6.32 Å². The number of halogens is 1. The first-order chi connectivity index (χ1) is 6.68. The van der Waals surface area contributed by atoms with Crippen LogP contribution in [0.4, 0.5) is 0 Å². The first-order valence-electron chi connectivity index (χ1n) is 4.38. The molecule has 0 spiro atoms. The fourth-order valence-corrected chi connectivity index (χ4v) is 1.56. The Labute approximate surface area is 93.4 Å². The van der Waals surface area contributed by atoms with Crippen molar-refractivity contribution in [3.63, 3.8) is 0 Å². The standard InChI is InChI=1S/C9H9BO4.ClH/c11-9(12)7-3-1-2-6-4-5-10(13)14-8(6)7;/h1-3,13H,4-5H2,(H,11,12);1H. The highest BCUT2D eigenvalue weighted by Gasteiger charge is 2.26. The molecular weight excluding hydrogens is 218 g/mol. The van der Waals surface area contributed by atoms with Gasteiger partial charge in [-0.15, -0.1) is 12.4 Å². The van der Waals surface area contributed by atoms with E-state index in [9.17, 15) is 9.82 Å². The van der Waals surface area contributed by atoms with E-state index in [1.165, 1.54) is 6.07 Å². The lowest BCUT2D eigenvalue weighted by Crippen LogP contribution is -2.27. The van der Waals surface area contributed by atoms with Gasteiger partial charge in [0, 0.05) is 0 Å². The molecule has 0 fully saturated rings. The summed E-state index contributed by atoms with van der Waals surface area (Å²) in [5.74, 6) is -0.727. The Hall–Kier alpha value is -1.20. The van der Waals surface area contributed by atoms with Gasteiger partial charge >= 0.3 is 13.1 Å². The molecule has 1 aliphatic heterocycles. The average Bonchev–Trinajstić information content (AvgIpc) is 2.16. The summed E-state index contributed by atoms with van der Waals surface area (Å²) in [6.07, 6.45) is 1.16. The van der Waals surface area contributed by atoms with E-state index in [4.69, 9.17) is 9.76 Å². The molecule has 1 heterocycles. The van der Waals surface area contributed by atoms with Crippen LogP contribution in [0.15, 0.2) is 18.2 Å². The van der Waals surface area contributed by atoms with Crippen molar-refractivity contribution in [3.05, 3.63) is 29.3 Å². The fraction of sp³-hybridized carbons (Fsp3) is 0.222. The molecule has 80 valence electrons. The van der Waals surface area contributed by atoms with E-state index >= 15 is 0 Å². The number of rotatable bonds is 1. The molecule has 0 aliphatic carbocycles. The summed E-state index contributed by atoms with van der Waals surface area (Å²) >= 11 is 0. The van der Waals surface area contributed by atoms with Gasteiger partial charge in [-0.25, -0.2) is 4.79 Å². The van der Waals surface area contributed by atoms with Crippen LogP contribution in [0.25, 0.3) is 0 Å². The minimum Gasteiger partial charge on any atom is -0.535 e. The van der Waals surface area contributed by atoms with Crippen molar-refractivity contribution in [3.8, 4) is 5.75 Å². The molecule has 15 heavy (non-hydrogen) atoms. The largest absolute Gasteiger partial charge is 0.535 e. The van der Waals surface area contributed by atoms with E-state index in [-0.39, 0.29) is 18.0 Å². The van der Waals surface area contributed by atoms with Crippen molar-refractivity contribution < 1.29 is 19.6 Å². The normalized spacial score (nSPS) is 13.5. The van der Waals surface area contributed by atoms with Crippen LogP contribution in [0.1, 0.15) is 15.9 Å². The van der Waals surface area contributed by atoms with Crippen LogP contribution in [0, 0.1) is 0 Å². The van der Waals surface area contributed by atoms with Crippen molar-refractivity contribution in [2.45, 2.75) is 12.7 Å². The Kier molecular flexibility index (Phi) is 3.60. The summed E-state index contributed by atoms with van der Waals surface area (Å²) in [6, 6.07) is 4.97. The number of hydrogen-bond donors (Lipinski definition) is 2. The second kappa shape index (κ2) is 4.55. The Bertz CT molecular complexity index is 382. The second-order valence-corrected chi connectivity index (χ2v) is 3.21. The van der Waals surface area contributed by atoms with Crippen molar-refractivity contribution in [2.24, 2.45) is 0 Å². The van der Waals surface area contributed by atoms with Crippen LogP contribution in [0.5, 0.6) is 5.75 Å². The Morgan fingerprint density at radius 2 is 2.20 bits per heavy atom. The first kappa shape index (κ1) is 11.9. The zero-order valence-electron chi connectivity index (χ0n) is 7.84. The van der Waals surface area contributed by atoms with Crippen LogP contribution in [-0.2, 0) is 6.42 Å². The highest BCUT2D eigenvalue weighted by molar-refractivity contribution is 6.44. The van der Waals surface area contributed by atoms with Crippen LogP contribution in [0.3, 0.4) is 0 Å². The average molecular weight is 228 g/mol. The molecule has 0 bridgehead atoms. The maximum absolute atomic E-state index is 10.8. The smallest absolute Gasteiger partial charge is 0.522 e. The zero-order chi connectivity index (χ0) is 10.1. The number of carbonyl (C=O) groups is 1. The molecule has 2 N–H and O–H groups in total. The topological polar surface area (TPSA) is 66.8 Å². The number of carboxylic acid groups (broad SMARTS) is 1. The Morgan fingerprint density at radius 3 is 2.87 bits per heavy atom. The zero-order valence-corrected chi connectivity index (χ0v) is 8.66. The Morgan fingerprint density at radius 1 is 1.47 bits per heavy atom. The number of aromatic carboxylic acids is 1. The van der Waals surface area contributed by atoms with Gasteiger partial charge in [-0.05, 0) is 24.4 Å². The van der Waals surface area contributed by atoms with E-state index in [1.807, 2.05) is 6.07 Å². The van der Waals surface area contributed by atoms with Gasteiger partial charge in [0.15, 0.2) is 0 Å². The fourth-order valence-electron chi connectivity index (χ4n) is 1.56. The summed E-state index contributed by atoms with van der Waals surface area (Å²) in [6.45, 7) is 0. The van der Waals surface area contributed by atoms with E-state index in [0.29, 0.717) is 18.5 Å². The molecule has 0 atom stereocenters. The first-order valence-corrected chi connectivity index (χ1v) is 4.38. The third-order valence-electron chi connectivity index (χ3n) is 2.24. The quantitative estimate of drug-likeness (QED) is 0.709. The summed E-state index contributed by atoms with van der Waals surface area (Å²) in [7, 11) is -0.886. The third kappa shape index (κ3) is 2.24. The van der Waals surface area contributed by atoms with Gasteiger partial charge in [0.05, 0.1) is 5.56 Å². The van der Waals surface area contributed by atoms with E-state index in [2.05, 4.69) is 0 Å². The van der Waals surface area contributed by atoms with Crippen molar-refractivity contribution in [1.29, 1.82) is 0 Å². The van der Waals surface area contributed by atoms with Gasteiger partial charge < -0.3 is 14.8 Å². The number of carboxylic acids is 1. The maximum atomic E-state index is 10.8. The molecule has 6 heteroatoms.